The molecule has 0 aromatic carbocycles. The van der Waals surface area contributed by atoms with Crippen LogP contribution in [0.4, 0.5) is 0 Å². The van der Waals surface area contributed by atoms with Crippen LogP contribution >= 0.6 is 0 Å². The number of hydrogen-bond acceptors (Lipinski definition) is 4. The van der Waals surface area contributed by atoms with E-state index in [1.54, 1.807) is 0 Å². The lowest BCUT2D eigenvalue weighted by atomic mass is 10.3. The molecule has 1 N–H and O–H groups in total. The molecule has 2 aliphatic heterocycles. The minimum absolute atomic E-state index is 0.0413. The first kappa shape index (κ1) is 10.1. The molecule has 1 unspecified atom stereocenters. The summed E-state index contributed by atoms with van der Waals surface area (Å²) in [4.78, 5) is 15.7. The summed E-state index contributed by atoms with van der Waals surface area (Å²) in [5.41, 5.74) is 0. The quantitative estimate of drug-likeness (QED) is 0.619. The van der Waals surface area contributed by atoms with Gasteiger partial charge in [-0.2, -0.15) is 0 Å². The van der Waals surface area contributed by atoms with E-state index in [1.165, 1.54) is 12.8 Å². The maximum atomic E-state index is 11.1. The van der Waals surface area contributed by atoms with Crippen LogP contribution in [-0.4, -0.2) is 61.5 Å². The van der Waals surface area contributed by atoms with Gasteiger partial charge in [-0.1, -0.05) is 0 Å². The molecule has 0 amide bonds. The van der Waals surface area contributed by atoms with Crippen LogP contribution in [0.25, 0.3) is 0 Å². The van der Waals surface area contributed by atoms with Gasteiger partial charge in [0.05, 0.1) is 0 Å². The minimum atomic E-state index is 0.0413. The van der Waals surface area contributed by atoms with E-state index < -0.39 is 0 Å². The SMILES string of the molecule is O=CC(N1CCCC1)N1CCNCC1. The standard InChI is InChI=1S/C10H19N3O/c14-9-10(12-5-1-2-6-12)13-7-3-11-4-8-13/h9-11H,1-8H2. The molecule has 0 aliphatic carbocycles. The van der Waals surface area contributed by atoms with Gasteiger partial charge in [0.15, 0.2) is 6.29 Å². The predicted octanol–water partition coefficient (Wildman–Crippen LogP) is -0.488. The van der Waals surface area contributed by atoms with Gasteiger partial charge in [-0.25, -0.2) is 0 Å². The highest BCUT2D eigenvalue weighted by Crippen LogP contribution is 2.13. The first-order chi connectivity index (χ1) is 6.92. The Bertz CT molecular complexity index is 186. The van der Waals surface area contributed by atoms with E-state index in [1.807, 2.05) is 0 Å². The van der Waals surface area contributed by atoms with Gasteiger partial charge in [-0.15, -0.1) is 0 Å². The molecule has 0 saturated carbocycles. The third kappa shape index (κ3) is 2.13. The van der Waals surface area contributed by atoms with Crippen molar-refractivity contribution in [2.24, 2.45) is 0 Å². The average Bonchev–Trinajstić information content (AvgIpc) is 2.74. The first-order valence-electron chi connectivity index (χ1n) is 5.56. The molecule has 2 fully saturated rings. The van der Waals surface area contributed by atoms with Gasteiger partial charge < -0.3 is 10.1 Å². The number of rotatable bonds is 3. The van der Waals surface area contributed by atoms with Crippen molar-refractivity contribution in [2.45, 2.75) is 19.0 Å². The monoisotopic (exact) mass is 197 g/mol. The Morgan fingerprint density at radius 3 is 2.14 bits per heavy atom. The number of piperazine rings is 1. The fourth-order valence-corrected chi connectivity index (χ4v) is 2.36. The van der Waals surface area contributed by atoms with Crippen LogP contribution in [0.15, 0.2) is 0 Å². The van der Waals surface area contributed by atoms with Crippen molar-refractivity contribution in [1.82, 2.24) is 15.1 Å². The van der Waals surface area contributed by atoms with Crippen molar-refractivity contribution in [1.29, 1.82) is 0 Å². The van der Waals surface area contributed by atoms with Gasteiger partial charge in [0, 0.05) is 39.3 Å². The van der Waals surface area contributed by atoms with Crippen molar-refractivity contribution in [3.63, 3.8) is 0 Å². The number of carbonyl (C=O) groups is 1. The highest BCUT2D eigenvalue weighted by atomic mass is 16.1. The maximum Gasteiger partial charge on any atom is 0.151 e. The normalized spacial score (nSPS) is 27.7. The first-order valence-corrected chi connectivity index (χ1v) is 5.56. The van der Waals surface area contributed by atoms with Crippen molar-refractivity contribution < 1.29 is 4.79 Å². The fourth-order valence-electron chi connectivity index (χ4n) is 2.36. The number of hydrogen-bond donors (Lipinski definition) is 1. The van der Waals surface area contributed by atoms with Crippen LogP contribution < -0.4 is 5.32 Å². The third-order valence-corrected chi connectivity index (χ3v) is 3.16. The molecule has 2 heterocycles. The zero-order valence-electron chi connectivity index (χ0n) is 8.61. The van der Waals surface area contributed by atoms with Gasteiger partial charge in [0.25, 0.3) is 0 Å². The summed E-state index contributed by atoms with van der Waals surface area (Å²) >= 11 is 0. The van der Waals surface area contributed by atoms with Crippen LogP contribution in [0.5, 0.6) is 0 Å². The van der Waals surface area contributed by atoms with Gasteiger partial charge in [-0.3, -0.25) is 9.80 Å². The zero-order chi connectivity index (χ0) is 9.80. The van der Waals surface area contributed by atoms with Crippen LogP contribution in [0.1, 0.15) is 12.8 Å². The number of aldehydes is 1. The lowest BCUT2D eigenvalue weighted by molar-refractivity contribution is -0.118. The van der Waals surface area contributed by atoms with E-state index >= 15 is 0 Å². The smallest absolute Gasteiger partial charge is 0.151 e. The molecular weight excluding hydrogens is 178 g/mol. The third-order valence-electron chi connectivity index (χ3n) is 3.16. The summed E-state index contributed by atoms with van der Waals surface area (Å²) in [6.07, 6.45) is 3.64. The molecule has 2 saturated heterocycles. The summed E-state index contributed by atoms with van der Waals surface area (Å²) in [6.45, 7) is 6.21. The Morgan fingerprint density at radius 2 is 1.57 bits per heavy atom. The van der Waals surface area contributed by atoms with Crippen LogP contribution in [-0.2, 0) is 4.79 Å². The molecule has 0 spiro atoms. The van der Waals surface area contributed by atoms with Gasteiger partial charge in [0.1, 0.15) is 6.17 Å². The average molecular weight is 197 g/mol. The number of carbonyl (C=O) groups excluding carboxylic acids is 1. The Hall–Kier alpha value is -0.450. The highest BCUT2D eigenvalue weighted by molar-refractivity contribution is 5.57. The molecular formula is C10H19N3O. The second kappa shape index (κ2) is 4.87. The summed E-state index contributed by atoms with van der Waals surface area (Å²) in [6, 6.07) is 0. The molecule has 14 heavy (non-hydrogen) atoms. The highest BCUT2D eigenvalue weighted by Gasteiger charge is 2.27. The van der Waals surface area contributed by atoms with E-state index in [9.17, 15) is 4.79 Å². The van der Waals surface area contributed by atoms with Crippen molar-refractivity contribution >= 4 is 6.29 Å². The summed E-state index contributed by atoms with van der Waals surface area (Å²) in [5.74, 6) is 0. The molecule has 80 valence electrons. The number of nitrogens with zero attached hydrogens (tertiary/aromatic N) is 2. The lowest BCUT2D eigenvalue weighted by Gasteiger charge is -2.36. The molecule has 2 rings (SSSR count). The number of likely N-dealkylation sites (tertiary alicyclic amines) is 1. The predicted molar refractivity (Wildman–Crippen MR) is 55.1 cm³/mol. The Morgan fingerprint density at radius 1 is 1.00 bits per heavy atom. The van der Waals surface area contributed by atoms with Gasteiger partial charge >= 0.3 is 0 Å². The molecule has 2 aliphatic rings. The number of nitrogens with one attached hydrogen (secondary N) is 1. The van der Waals surface area contributed by atoms with Crippen LogP contribution in [0, 0.1) is 0 Å². The van der Waals surface area contributed by atoms with Crippen LogP contribution in [0.2, 0.25) is 0 Å². The molecule has 0 aromatic rings. The van der Waals surface area contributed by atoms with Crippen molar-refractivity contribution in [3.05, 3.63) is 0 Å². The fraction of sp³-hybridized carbons (Fsp3) is 0.900. The second-order valence-electron chi connectivity index (χ2n) is 4.08. The molecule has 4 heteroatoms. The minimum Gasteiger partial charge on any atom is -0.314 e. The summed E-state index contributed by atoms with van der Waals surface area (Å²) < 4.78 is 0. The second-order valence-corrected chi connectivity index (χ2v) is 4.08. The van der Waals surface area contributed by atoms with Crippen molar-refractivity contribution in [2.75, 3.05) is 39.3 Å². The maximum absolute atomic E-state index is 11.1. The van der Waals surface area contributed by atoms with E-state index in [4.69, 9.17) is 0 Å². The van der Waals surface area contributed by atoms with Crippen LogP contribution in [0.3, 0.4) is 0 Å². The van der Waals surface area contributed by atoms with E-state index in [0.717, 1.165) is 45.6 Å². The molecule has 0 aromatic heterocycles. The van der Waals surface area contributed by atoms with Gasteiger partial charge in [0.2, 0.25) is 0 Å². The Balaban J connectivity index is 1.92. The molecule has 0 bridgehead atoms. The Kier molecular flexibility index (Phi) is 3.50. The molecule has 4 nitrogen and oxygen atoms in total. The topological polar surface area (TPSA) is 35.6 Å². The van der Waals surface area contributed by atoms with E-state index in [-0.39, 0.29) is 6.17 Å². The van der Waals surface area contributed by atoms with E-state index in [0.29, 0.717) is 0 Å². The molecule has 1 atom stereocenters. The summed E-state index contributed by atoms with van der Waals surface area (Å²) in [5, 5.41) is 3.31. The van der Waals surface area contributed by atoms with E-state index in [2.05, 4.69) is 15.1 Å². The lowest BCUT2D eigenvalue weighted by Crippen LogP contribution is -2.55. The zero-order valence-corrected chi connectivity index (χ0v) is 8.61. The Labute approximate surface area is 85.2 Å². The largest absolute Gasteiger partial charge is 0.314 e. The summed E-state index contributed by atoms with van der Waals surface area (Å²) in [7, 11) is 0. The molecule has 0 radical (unpaired) electrons. The van der Waals surface area contributed by atoms with Gasteiger partial charge in [-0.05, 0) is 12.8 Å². The van der Waals surface area contributed by atoms with Crippen molar-refractivity contribution in [3.8, 4) is 0 Å².